The fourth-order valence-electron chi connectivity index (χ4n) is 2.51. The van der Waals surface area contributed by atoms with Crippen LogP contribution in [0, 0.1) is 17.1 Å². The maximum Gasteiger partial charge on any atom is 0.123 e. The minimum atomic E-state index is -0.287. The minimum Gasteiger partial charge on any atom is -0.349 e. The van der Waals surface area contributed by atoms with Crippen molar-refractivity contribution in [3.05, 3.63) is 89.5 Å². The number of benzene rings is 2. The number of nitrogens with zero attached hydrogens (tertiary/aromatic N) is 3. The monoisotopic (exact) mass is 332 g/mol. The van der Waals surface area contributed by atoms with E-state index in [0.29, 0.717) is 24.2 Å². The number of rotatable bonds is 5. The lowest BCUT2D eigenvalue weighted by Crippen LogP contribution is -2.15. The van der Waals surface area contributed by atoms with Crippen LogP contribution in [0.1, 0.15) is 12.0 Å². The van der Waals surface area contributed by atoms with Crippen LogP contribution in [0.3, 0.4) is 0 Å². The molecule has 1 aliphatic heterocycles. The molecule has 5 heteroatoms. The standard InChI is InChI=1S/C20H17FN4/c21-19-6-8-20(9-7-19)24-23-12-18-10-17(11-22)14-25(15-18)13-16-4-2-1-3-5-16/h1-9,12,14-15,24H,10,13H2/b23-12-. The van der Waals surface area contributed by atoms with Gasteiger partial charge in [0.25, 0.3) is 0 Å². The van der Waals surface area contributed by atoms with Gasteiger partial charge in [-0.05, 0) is 35.4 Å². The number of hydrogen-bond acceptors (Lipinski definition) is 4. The summed E-state index contributed by atoms with van der Waals surface area (Å²) in [4.78, 5) is 1.98. The summed E-state index contributed by atoms with van der Waals surface area (Å²) in [6.45, 7) is 0.689. The van der Waals surface area contributed by atoms with Crippen LogP contribution < -0.4 is 5.43 Å². The Morgan fingerprint density at radius 1 is 1.12 bits per heavy atom. The predicted octanol–water partition coefficient (Wildman–Crippen LogP) is 4.42. The van der Waals surface area contributed by atoms with Crippen molar-refractivity contribution in [1.29, 1.82) is 5.26 Å². The van der Waals surface area contributed by atoms with Crippen LogP contribution in [0.4, 0.5) is 10.1 Å². The van der Waals surface area contributed by atoms with Gasteiger partial charge in [0.05, 0.1) is 23.5 Å². The third kappa shape index (κ3) is 4.79. The lowest BCUT2D eigenvalue weighted by Gasteiger charge is -2.21. The van der Waals surface area contributed by atoms with Crippen molar-refractivity contribution in [3.8, 4) is 6.07 Å². The van der Waals surface area contributed by atoms with E-state index in [4.69, 9.17) is 0 Å². The molecule has 0 aromatic heterocycles. The highest BCUT2D eigenvalue weighted by Crippen LogP contribution is 2.19. The summed E-state index contributed by atoms with van der Waals surface area (Å²) >= 11 is 0. The molecule has 0 saturated heterocycles. The molecule has 1 heterocycles. The van der Waals surface area contributed by atoms with Gasteiger partial charge in [-0.25, -0.2) is 4.39 Å². The summed E-state index contributed by atoms with van der Waals surface area (Å²) in [5, 5.41) is 13.4. The maximum absolute atomic E-state index is 12.9. The Labute approximate surface area is 146 Å². The van der Waals surface area contributed by atoms with Gasteiger partial charge in [-0.3, -0.25) is 5.43 Å². The molecule has 3 rings (SSSR count). The molecule has 0 fully saturated rings. The molecule has 4 nitrogen and oxygen atoms in total. The average Bonchev–Trinajstić information content (AvgIpc) is 2.64. The topological polar surface area (TPSA) is 51.4 Å². The molecule has 2 aromatic rings. The maximum atomic E-state index is 12.9. The number of nitrogens with one attached hydrogen (secondary N) is 1. The van der Waals surface area contributed by atoms with Crippen LogP contribution in [-0.4, -0.2) is 11.1 Å². The van der Waals surface area contributed by atoms with Gasteiger partial charge in [0.15, 0.2) is 0 Å². The third-order valence-electron chi connectivity index (χ3n) is 3.67. The van der Waals surface area contributed by atoms with E-state index in [-0.39, 0.29) is 5.82 Å². The summed E-state index contributed by atoms with van der Waals surface area (Å²) < 4.78 is 12.9. The highest BCUT2D eigenvalue weighted by atomic mass is 19.1. The molecular formula is C20H17FN4. The number of hydrogen-bond donors (Lipinski definition) is 1. The molecule has 124 valence electrons. The fraction of sp³-hybridized carbons (Fsp3) is 0.100. The second-order valence-corrected chi connectivity index (χ2v) is 5.68. The second-order valence-electron chi connectivity index (χ2n) is 5.68. The zero-order valence-electron chi connectivity index (χ0n) is 13.6. The van der Waals surface area contributed by atoms with Gasteiger partial charge in [0.1, 0.15) is 5.82 Å². The molecule has 0 atom stereocenters. The van der Waals surface area contributed by atoms with Crippen molar-refractivity contribution >= 4 is 11.9 Å². The highest BCUT2D eigenvalue weighted by molar-refractivity contribution is 5.80. The Balaban J connectivity index is 1.68. The zero-order valence-corrected chi connectivity index (χ0v) is 13.6. The molecule has 0 amide bonds. The molecule has 0 saturated carbocycles. The molecular weight excluding hydrogens is 315 g/mol. The molecule has 2 aromatic carbocycles. The van der Waals surface area contributed by atoms with Crippen LogP contribution in [0.25, 0.3) is 0 Å². The van der Waals surface area contributed by atoms with E-state index < -0.39 is 0 Å². The number of nitriles is 1. The first-order chi connectivity index (χ1) is 12.2. The van der Waals surface area contributed by atoms with Gasteiger partial charge in [-0.1, -0.05) is 30.3 Å². The lowest BCUT2D eigenvalue weighted by molar-refractivity contribution is 0.487. The minimum absolute atomic E-state index is 0.287. The summed E-state index contributed by atoms with van der Waals surface area (Å²) in [6, 6.07) is 18.3. The first-order valence-corrected chi connectivity index (χ1v) is 7.89. The number of allylic oxidation sites excluding steroid dienone is 2. The van der Waals surface area contributed by atoms with E-state index in [2.05, 4.69) is 16.6 Å². The van der Waals surface area contributed by atoms with Crippen LogP contribution >= 0.6 is 0 Å². The first kappa shape index (κ1) is 16.5. The molecule has 1 aliphatic rings. The molecule has 0 radical (unpaired) electrons. The van der Waals surface area contributed by atoms with E-state index in [1.165, 1.54) is 12.1 Å². The fourth-order valence-corrected chi connectivity index (χ4v) is 2.51. The Morgan fingerprint density at radius 3 is 2.60 bits per heavy atom. The van der Waals surface area contributed by atoms with Crippen LogP contribution in [0.15, 0.2) is 83.2 Å². The van der Waals surface area contributed by atoms with Crippen molar-refractivity contribution < 1.29 is 4.39 Å². The average molecular weight is 332 g/mol. The zero-order chi connectivity index (χ0) is 17.5. The van der Waals surface area contributed by atoms with Gasteiger partial charge in [0, 0.05) is 25.4 Å². The van der Waals surface area contributed by atoms with E-state index in [1.54, 1.807) is 18.3 Å². The van der Waals surface area contributed by atoms with Gasteiger partial charge in [-0.15, -0.1) is 0 Å². The SMILES string of the molecule is N#CC1=CN(Cc2ccccc2)C=C(/C=N\Nc2ccc(F)cc2)C1. The van der Waals surface area contributed by atoms with Crippen LogP contribution in [0.5, 0.6) is 0 Å². The largest absolute Gasteiger partial charge is 0.349 e. The van der Waals surface area contributed by atoms with E-state index in [1.807, 2.05) is 47.6 Å². The van der Waals surface area contributed by atoms with E-state index >= 15 is 0 Å². The van der Waals surface area contributed by atoms with Gasteiger partial charge in [0.2, 0.25) is 0 Å². The van der Waals surface area contributed by atoms with E-state index in [9.17, 15) is 9.65 Å². The van der Waals surface area contributed by atoms with Crippen molar-refractivity contribution in [2.75, 3.05) is 5.43 Å². The Morgan fingerprint density at radius 2 is 1.88 bits per heavy atom. The summed E-state index contributed by atoms with van der Waals surface area (Å²) in [5.41, 5.74) is 6.32. The third-order valence-corrected chi connectivity index (χ3v) is 3.67. The molecule has 0 aliphatic carbocycles. The van der Waals surface area contributed by atoms with E-state index in [0.717, 1.165) is 11.1 Å². The molecule has 1 N–H and O–H groups in total. The van der Waals surface area contributed by atoms with Crippen molar-refractivity contribution in [2.24, 2.45) is 5.10 Å². The van der Waals surface area contributed by atoms with Crippen molar-refractivity contribution in [2.45, 2.75) is 13.0 Å². The quantitative estimate of drug-likeness (QED) is 0.651. The van der Waals surface area contributed by atoms with Gasteiger partial charge < -0.3 is 4.90 Å². The molecule has 0 spiro atoms. The number of halogens is 1. The number of anilines is 1. The predicted molar refractivity (Wildman–Crippen MR) is 96.9 cm³/mol. The summed E-state index contributed by atoms with van der Waals surface area (Å²) in [5.74, 6) is -0.287. The Bertz CT molecular complexity index is 846. The molecule has 0 unspecified atom stereocenters. The molecule has 0 bridgehead atoms. The van der Waals surface area contributed by atoms with Gasteiger partial charge >= 0.3 is 0 Å². The van der Waals surface area contributed by atoms with Crippen LogP contribution in [0.2, 0.25) is 0 Å². The normalized spacial score (nSPS) is 14.0. The van der Waals surface area contributed by atoms with Crippen molar-refractivity contribution in [3.63, 3.8) is 0 Å². The molecule has 25 heavy (non-hydrogen) atoms. The summed E-state index contributed by atoms with van der Waals surface area (Å²) in [7, 11) is 0. The highest BCUT2D eigenvalue weighted by Gasteiger charge is 2.11. The Hall–Kier alpha value is -3.39. The van der Waals surface area contributed by atoms with Crippen LogP contribution in [-0.2, 0) is 6.54 Å². The second kappa shape index (κ2) is 7.93. The smallest absolute Gasteiger partial charge is 0.123 e. The van der Waals surface area contributed by atoms with Gasteiger partial charge in [-0.2, -0.15) is 10.4 Å². The lowest BCUT2D eigenvalue weighted by atomic mass is 10.1. The van der Waals surface area contributed by atoms with Crippen molar-refractivity contribution in [1.82, 2.24) is 4.90 Å². The first-order valence-electron chi connectivity index (χ1n) is 7.89. The summed E-state index contributed by atoms with van der Waals surface area (Å²) in [6.07, 6.45) is 6.06. The number of hydrazone groups is 1. The Kier molecular flexibility index (Phi) is 5.22.